The molecule has 0 spiro atoms. The third-order valence-corrected chi connectivity index (χ3v) is 3.38. The van der Waals surface area contributed by atoms with E-state index in [0.29, 0.717) is 16.3 Å². The van der Waals surface area contributed by atoms with E-state index in [1.807, 2.05) is 0 Å². The van der Waals surface area contributed by atoms with Gasteiger partial charge in [-0.2, -0.15) is 0 Å². The van der Waals surface area contributed by atoms with Crippen molar-refractivity contribution in [3.05, 3.63) is 46.7 Å². The van der Waals surface area contributed by atoms with Crippen LogP contribution >= 0.6 is 34.8 Å². The van der Waals surface area contributed by atoms with Crippen molar-refractivity contribution in [2.75, 3.05) is 0 Å². The molecule has 7 heteroatoms. The second-order valence-electron chi connectivity index (χ2n) is 4.28. The van der Waals surface area contributed by atoms with E-state index in [9.17, 15) is 5.11 Å². The van der Waals surface area contributed by atoms with Gasteiger partial charge in [-0.3, -0.25) is 5.10 Å². The molecule has 4 nitrogen and oxygen atoms in total. The van der Waals surface area contributed by atoms with Crippen molar-refractivity contribution in [3.8, 4) is 0 Å². The van der Waals surface area contributed by atoms with Gasteiger partial charge in [0.15, 0.2) is 0 Å². The average molecular weight is 321 g/mol. The number of aromatic amines is 1. The normalized spacial score (nSPS) is 14.6. The molecule has 0 aliphatic rings. The van der Waals surface area contributed by atoms with Crippen molar-refractivity contribution in [3.63, 3.8) is 0 Å². The molecule has 0 bridgehead atoms. The van der Waals surface area contributed by atoms with E-state index in [-0.39, 0.29) is 12.8 Å². The quantitative estimate of drug-likeness (QED) is 0.832. The molecule has 1 atom stereocenters. The van der Waals surface area contributed by atoms with Gasteiger partial charge in [0.2, 0.25) is 0 Å². The Morgan fingerprint density at radius 2 is 1.95 bits per heavy atom. The molecule has 0 radical (unpaired) electrons. The molecule has 2 aromatic rings. The predicted molar refractivity (Wildman–Crippen MR) is 75.5 cm³/mol. The Morgan fingerprint density at radius 3 is 2.47 bits per heavy atom. The van der Waals surface area contributed by atoms with Gasteiger partial charge < -0.3 is 5.11 Å². The minimum atomic E-state index is -1.21. The van der Waals surface area contributed by atoms with Crippen LogP contribution in [0.4, 0.5) is 0 Å². The fourth-order valence-electron chi connectivity index (χ4n) is 1.92. The van der Waals surface area contributed by atoms with Crippen LogP contribution in [0.25, 0.3) is 0 Å². The molecule has 0 amide bonds. The molecular formula is C12H12Cl3N3O. The highest BCUT2D eigenvalue weighted by Gasteiger charge is 2.32. The maximum Gasteiger partial charge on any atom is 0.110 e. The third kappa shape index (κ3) is 3.83. The van der Waals surface area contributed by atoms with Gasteiger partial charge in [0.05, 0.1) is 11.3 Å². The number of hydrogen-bond donors (Lipinski definition) is 2. The fraction of sp³-hybridized carbons (Fsp3) is 0.333. The number of halogens is 3. The molecule has 0 saturated heterocycles. The molecule has 1 aromatic heterocycles. The summed E-state index contributed by atoms with van der Waals surface area (Å²) in [6, 6.07) is 6.92. The van der Waals surface area contributed by atoms with Crippen LogP contribution in [0.5, 0.6) is 0 Å². The highest BCUT2D eigenvalue weighted by molar-refractivity contribution is 6.44. The van der Waals surface area contributed by atoms with E-state index in [0.717, 1.165) is 0 Å². The Kier molecular flexibility index (Phi) is 4.68. The van der Waals surface area contributed by atoms with Crippen LogP contribution < -0.4 is 0 Å². The first kappa shape index (κ1) is 14.6. The number of aliphatic hydroxyl groups is 1. The lowest BCUT2D eigenvalue weighted by atomic mass is 9.87. The smallest absolute Gasteiger partial charge is 0.110 e. The van der Waals surface area contributed by atoms with Gasteiger partial charge in [0.25, 0.3) is 0 Å². The number of hydrogen-bond acceptors (Lipinski definition) is 3. The second-order valence-corrected chi connectivity index (χ2v) is 5.99. The second kappa shape index (κ2) is 6.09. The van der Waals surface area contributed by atoms with Crippen LogP contribution in [0, 0.1) is 0 Å². The summed E-state index contributed by atoms with van der Waals surface area (Å²) >= 11 is 17.5. The lowest BCUT2D eigenvalue weighted by Gasteiger charge is -2.28. The zero-order chi connectivity index (χ0) is 13.9. The topological polar surface area (TPSA) is 61.8 Å². The van der Waals surface area contributed by atoms with Crippen LogP contribution in [0.2, 0.25) is 5.02 Å². The molecule has 0 aliphatic carbocycles. The number of benzene rings is 1. The molecule has 0 saturated carbocycles. The third-order valence-electron chi connectivity index (χ3n) is 2.81. The molecule has 2 rings (SSSR count). The van der Waals surface area contributed by atoms with Crippen molar-refractivity contribution in [2.45, 2.75) is 23.3 Å². The molecule has 102 valence electrons. The van der Waals surface area contributed by atoms with Gasteiger partial charge in [0.1, 0.15) is 4.84 Å². The SMILES string of the molecule is OC(Cc1c[nH]nn1)(CC(Cl)Cl)c1ccc(Cl)cc1. The van der Waals surface area contributed by atoms with E-state index in [1.54, 1.807) is 30.5 Å². The Morgan fingerprint density at radius 1 is 1.26 bits per heavy atom. The van der Waals surface area contributed by atoms with Crippen molar-refractivity contribution in [1.82, 2.24) is 15.4 Å². The number of nitrogens with zero attached hydrogens (tertiary/aromatic N) is 2. The number of rotatable bonds is 5. The molecule has 1 heterocycles. The Bertz CT molecular complexity index is 516. The minimum Gasteiger partial charge on any atom is -0.385 e. The van der Waals surface area contributed by atoms with Crippen LogP contribution in [0.1, 0.15) is 17.7 Å². The first-order chi connectivity index (χ1) is 8.99. The van der Waals surface area contributed by atoms with Gasteiger partial charge in [-0.15, -0.1) is 28.3 Å². The fourth-order valence-corrected chi connectivity index (χ4v) is 2.56. The highest BCUT2D eigenvalue weighted by atomic mass is 35.5. The molecule has 19 heavy (non-hydrogen) atoms. The molecule has 0 fully saturated rings. The summed E-state index contributed by atoms with van der Waals surface area (Å²) in [5.74, 6) is 0. The van der Waals surface area contributed by atoms with Gasteiger partial charge in [0, 0.05) is 24.1 Å². The van der Waals surface area contributed by atoms with Crippen LogP contribution in [-0.2, 0) is 12.0 Å². The summed E-state index contributed by atoms with van der Waals surface area (Å²) in [7, 11) is 0. The van der Waals surface area contributed by atoms with E-state index in [4.69, 9.17) is 34.8 Å². The Hall–Kier alpha value is -0.810. The number of nitrogens with one attached hydrogen (secondary N) is 1. The monoisotopic (exact) mass is 319 g/mol. The summed E-state index contributed by atoms with van der Waals surface area (Å²) < 4.78 is 0. The number of aromatic nitrogens is 3. The van der Waals surface area contributed by atoms with E-state index in [2.05, 4.69) is 15.4 Å². The van der Waals surface area contributed by atoms with Gasteiger partial charge in [-0.1, -0.05) is 28.9 Å². The number of H-pyrrole nitrogens is 1. The summed E-state index contributed by atoms with van der Waals surface area (Å²) in [5, 5.41) is 21.5. The van der Waals surface area contributed by atoms with Crippen molar-refractivity contribution >= 4 is 34.8 Å². The summed E-state index contributed by atoms with van der Waals surface area (Å²) in [6.45, 7) is 0. The van der Waals surface area contributed by atoms with Crippen LogP contribution in [-0.4, -0.2) is 25.4 Å². The first-order valence-corrected chi connectivity index (χ1v) is 6.86. The zero-order valence-electron chi connectivity index (χ0n) is 9.85. The molecular weight excluding hydrogens is 309 g/mol. The Balaban J connectivity index is 2.30. The van der Waals surface area contributed by atoms with E-state index in [1.165, 1.54) is 0 Å². The van der Waals surface area contributed by atoms with Crippen molar-refractivity contribution < 1.29 is 5.11 Å². The van der Waals surface area contributed by atoms with E-state index < -0.39 is 10.4 Å². The van der Waals surface area contributed by atoms with Gasteiger partial charge >= 0.3 is 0 Å². The first-order valence-electron chi connectivity index (χ1n) is 5.61. The van der Waals surface area contributed by atoms with Crippen molar-refractivity contribution in [2.24, 2.45) is 0 Å². The van der Waals surface area contributed by atoms with Gasteiger partial charge in [-0.05, 0) is 17.7 Å². The lowest BCUT2D eigenvalue weighted by Crippen LogP contribution is -2.31. The predicted octanol–water partition coefficient (Wildman–Crippen LogP) is 3.08. The summed E-state index contributed by atoms with van der Waals surface area (Å²) in [4.78, 5) is -0.687. The van der Waals surface area contributed by atoms with Gasteiger partial charge in [-0.25, -0.2) is 0 Å². The zero-order valence-corrected chi connectivity index (χ0v) is 12.1. The minimum absolute atomic E-state index is 0.185. The largest absolute Gasteiger partial charge is 0.385 e. The maximum atomic E-state index is 10.8. The standard InChI is InChI=1S/C12H12Cl3N3O/c13-9-3-1-8(2-4-9)12(19,6-11(14)15)5-10-7-16-18-17-10/h1-4,7,11,19H,5-6H2,(H,16,17,18). The maximum absolute atomic E-state index is 10.8. The Labute approximate surface area is 125 Å². The number of alkyl halides is 2. The molecule has 0 aliphatic heterocycles. The summed E-state index contributed by atoms with van der Waals surface area (Å²) in [5.41, 5.74) is 0.105. The van der Waals surface area contributed by atoms with E-state index >= 15 is 0 Å². The molecule has 2 N–H and O–H groups in total. The van der Waals surface area contributed by atoms with Crippen molar-refractivity contribution in [1.29, 1.82) is 0 Å². The summed E-state index contributed by atoms with van der Waals surface area (Å²) in [6.07, 6.45) is 2.07. The average Bonchev–Trinajstić information content (AvgIpc) is 2.81. The molecule has 1 aromatic carbocycles. The van der Waals surface area contributed by atoms with Crippen LogP contribution in [0.3, 0.4) is 0 Å². The highest BCUT2D eigenvalue weighted by Crippen LogP contribution is 2.33. The van der Waals surface area contributed by atoms with Crippen LogP contribution in [0.15, 0.2) is 30.5 Å². The molecule has 1 unspecified atom stereocenters. The lowest BCUT2D eigenvalue weighted by molar-refractivity contribution is 0.0303.